The van der Waals surface area contributed by atoms with Crippen molar-refractivity contribution >= 4 is 51.4 Å². The molecule has 0 aliphatic heterocycles. The number of methoxy groups -OCH3 is 1. The Bertz CT molecular complexity index is 656. The largest absolute Gasteiger partial charge is 0.375 e. The molecule has 1 aromatic rings. The van der Waals surface area contributed by atoms with Crippen molar-refractivity contribution < 1.29 is 13.2 Å². The lowest BCUT2D eigenvalue weighted by molar-refractivity contribution is 0.106. The minimum Gasteiger partial charge on any atom is -0.375 e. The Labute approximate surface area is 172 Å². The number of hydrogen-bond acceptors (Lipinski definition) is 4. The molecule has 1 rings (SSSR count). The Morgan fingerprint density at radius 3 is 2.60 bits per heavy atom. The molecule has 25 heavy (non-hydrogen) atoms. The van der Waals surface area contributed by atoms with E-state index in [1.807, 2.05) is 31.2 Å². The zero-order valence-corrected chi connectivity index (χ0v) is 18.9. The van der Waals surface area contributed by atoms with Crippen LogP contribution in [0.5, 0.6) is 0 Å². The van der Waals surface area contributed by atoms with Crippen LogP contribution in [0.4, 0.5) is 0 Å². The third kappa shape index (κ3) is 10.2. The maximum Gasteiger partial charge on any atom is 0.191 e. The van der Waals surface area contributed by atoms with E-state index >= 15 is 0 Å². The summed E-state index contributed by atoms with van der Waals surface area (Å²) >= 11 is 6.02. The van der Waals surface area contributed by atoms with Gasteiger partial charge in [0.05, 0.1) is 11.9 Å². The van der Waals surface area contributed by atoms with E-state index in [1.54, 1.807) is 14.2 Å². The molecule has 144 valence electrons. The van der Waals surface area contributed by atoms with Gasteiger partial charge in [0.1, 0.15) is 9.84 Å². The molecule has 0 aromatic heterocycles. The van der Waals surface area contributed by atoms with Gasteiger partial charge >= 0.3 is 0 Å². The van der Waals surface area contributed by atoms with E-state index in [0.29, 0.717) is 23.9 Å². The Balaban J connectivity index is 0.00000576. The van der Waals surface area contributed by atoms with Gasteiger partial charge < -0.3 is 15.4 Å². The first-order chi connectivity index (χ1) is 11.2. The summed E-state index contributed by atoms with van der Waals surface area (Å²) < 4.78 is 28.0. The van der Waals surface area contributed by atoms with Crippen LogP contribution >= 0.6 is 35.6 Å². The van der Waals surface area contributed by atoms with E-state index in [-0.39, 0.29) is 41.9 Å². The van der Waals surface area contributed by atoms with Gasteiger partial charge in [-0.15, -0.1) is 24.0 Å². The van der Waals surface area contributed by atoms with Gasteiger partial charge in [0, 0.05) is 38.0 Å². The van der Waals surface area contributed by atoms with Crippen molar-refractivity contribution in [3.05, 3.63) is 34.9 Å². The highest BCUT2D eigenvalue weighted by molar-refractivity contribution is 14.0. The average Bonchev–Trinajstić information content (AvgIpc) is 2.51. The monoisotopic (exact) mass is 503 g/mol. The van der Waals surface area contributed by atoms with E-state index in [9.17, 15) is 8.42 Å². The molecule has 0 saturated heterocycles. The lowest BCUT2D eigenvalue weighted by Gasteiger charge is -2.21. The highest BCUT2D eigenvalue weighted by Gasteiger charge is 2.13. The fraction of sp³-hybridized carbons (Fsp3) is 0.562. The molecule has 0 aliphatic rings. The zero-order chi connectivity index (χ0) is 18.2. The van der Waals surface area contributed by atoms with Gasteiger partial charge in [-0.25, -0.2) is 8.42 Å². The molecular weight excluding hydrogens is 477 g/mol. The van der Waals surface area contributed by atoms with Gasteiger partial charge in [0.25, 0.3) is 0 Å². The van der Waals surface area contributed by atoms with Gasteiger partial charge in [-0.3, -0.25) is 4.99 Å². The van der Waals surface area contributed by atoms with Crippen molar-refractivity contribution in [3.8, 4) is 0 Å². The first-order valence-corrected chi connectivity index (χ1v) is 10.1. The SMILES string of the molecule is CN=C(NCC(OC)c1cccc(Cl)c1)NC(C)CCS(C)(=O)=O.I. The molecule has 1 aromatic carbocycles. The lowest BCUT2D eigenvalue weighted by atomic mass is 10.1. The summed E-state index contributed by atoms with van der Waals surface area (Å²) in [4.78, 5) is 4.15. The highest BCUT2D eigenvalue weighted by Crippen LogP contribution is 2.19. The molecule has 2 N–H and O–H groups in total. The first kappa shape index (κ1) is 24.4. The predicted octanol–water partition coefficient (Wildman–Crippen LogP) is 2.63. The Kier molecular flexibility index (Phi) is 11.6. The minimum atomic E-state index is -2.96. The number of aliphatic imine (C=N–C) groups is 1. The van der Waals surface area contributed by atoms with Gasteiger partial charge in [-0.1, -0.05) is 23.7 Å². The standard InChI is InChI=1S/C16H26ClN3O3S.HI/c1-12(8-9-24(4,21)22)20-16(18-2)19-11-15(23-3)13-6-5-7-14(17)10-13;/h5-7,10,12,15H,8-9,11H2,1-4H3,(H2,18,19,20);1H. The van der Waals surface area contributed by atoms with Crippen LogP contribution < -0.4 is 10.6 Å². The second-order valence-corrected chi connectivity index (χ2v) is 8.39. The van der Waals surface area contributed by atoms with Crippen LogP contribution in [0.3, 0.4) is 0 Å². The summed E-state index contributed by atoms with van der Waals surface area (Å²) in [6.45, 7) is 2.43. The van der Waals surface area contributed by atoms with Gasteiger partial charge in [0.2, 0.25) is 0 Å². The average molecular weight is 504 g/mol. The number of nitrogens with one attached hydrogen (secondary N) is 2. The number of hydrogen-bond donors (Lipinski definition) is 2. The summed E-state index contributed by atoms with van der Waals surface area (Å²) in [5, 5.41) is 7.02. The Morgan fingerprint density at radius 2 is 2.08 bits per heavy atom. The molecule has 6 nitrogen and oxygen atoms in total. The summed E-state index contributed by atoms with van der Waals surface area (Å²) in [5.41, 5.74) is 0.970. The summed E-state index contributed by atoms with van der Waals surface area (Å²) in [7, 11) is 0.339. The molecule has 0 spiro atoms. The zero-order valence-electron chi connectivity index (χ0n) is 15.0. The number of rotatable bonds is 8. The molecule has 0 bridgehead atoms. The van der Waals surface area contributed by atoms with Crippen molar-refractivity contribution in [2.45, 2.75) is 25.5 Å². The van der Waals surface area contributed by atoms with Crippen LogP contribution in [-0.4, -0.2) is 53.1 Å². The number of sulfone groups is 1. The molecule has 0 heterocycles. The molecular formula is C16H27ClIN3O3S. The molecule has 0 saturated carbocycles. The first-order valence-electron chi connectivity index (χ1n) is 7.68. The predicted molar refractivity (Wildman–Crippen MR) is 115 cm³/mol. The van der Waals surface area contributed by atoms with Gasteiger partial charge in [0.15, 0.2) is 5.96 Å². The van der Waals surface area contributed by atoms with Gasteiger partial charge in [-0.05, 0) is 31.0 Å². The Morgan fingerprint density at radius 1 is 1.40 bits per heavy atom. The van der Waals surface area contributed by atoms with Crippen LogP contribution in [-0.2, 0) is 14.6 Å². The molecule has 0 amide bonds. The van der Waals surface area contributed by atoms with E-state index in [4.69, 9.17) is 16.3 Å². The molecule has 0 fully saturated rings. The lowest BCUT2D eigenvalue weighted by Crippen LogP contribution is -2.44. The van der Waals surface area contributed by atoms with Crippen molar-refractivity contribution in [2.24, 2.45) is 4.99 Å². The van der Waals surface area contributed by atoms with Crippen molar-refractivity contribution in [2.75, 3.05) is 32.7 Å². The van der Waals surface area contributed by atoms with Crippen molar-refractivity contribution in [1.29, 1.82) is 0 Å². The number of ether oxygens (including phenoxy) is 1. The summed E-state index contributed by atoms with van der Waals surface area (Å²) in [6, 6.07) is 7.49. The van der Waals surface area contributed by atoms with E-state index in [1.165, 1.54) is 6.26 Å². The van der Waals surface area contributed by atoms with Crippen molar-refractivity contribution in [3.63, 3.8) is 0 Å². The second-order valence-electron chi connectivity index (χ2n) is 5.70. The van der Waals surface area contributed by atoms with Crippen LogP contribution in [0.25, 0.3) is 0 Å². The quantitative estimate of drug-likeness (QED) is 0.324. The molecule has 9 heteroatoms. The molecule has 0 aliphatic carbocycles. The number of halogens is 2. The van der Waals surface area contributed by atoms with E-state index < -0.39 is 9.84 Å². The summed E-state index contributed by atoms with van der Waals surface area (Å²) in [6.07, 6.45) is 1.58. The second kappa shape index (κ2) is 11.9. The maximum atomic E-state index is 11.2. The molecule has 2 atom stereocenters. The smallest absolute Gasteiger partial charge is 0.191 e. The van der Waals surface area contributed by atoms with Crippen LogP contribution in [0, 0.1) is 0 Å². The fourth-order valence-corrected chi connectivity index (χ4v) is 3.10. The number of nitrogens with zero attached hydrogens (tertiary/aromatic N) is 1. The van der Waals surface area contributed by atoms with E-state index in [0.717, 1.165) is 5.56 Å². The van der Waals surface area contributed by atoms with Crippen molar-refractivity contribution in [1.82, 2.24) is 10.6 Å². The molecule has 2 unspecified atom stereocenters. The third-order valence-electron chi connectivity index (χ3n) is 3.49. The Hall–Kier alpha value is -0.580. The van der Waals surface area contributed by atoms with Gasteiger partial charge in [-0.2, -0.15) is 0 Å². The highest BCUT2D eigenvalue weighted by atomic mass is 127. The van der Waals surface area contributed by atoms with Crippen LogP contribution in [0.2, 0.25) is 5.02 Å². The number of benzene rings is 1. The van der Waals surface area contributed by atoms with Crippen LogP contribution in [0.1, 0.15) is 25.0 Å². The summed E-state index contributed by atoms with van der Waals surface area (Å²) in [5.74, 6) is 0.738. The third-order valence-corrected chi connectivity index (χ3v) is 4.70. The minimum absolute atomic E-state index is 0. The maximum absolute atomic E-state index is 11.2. The number of guanidine groups is 1. The molecule has 0 radical (unpaired) electrons. The normalized spacial score (nSPS) is 14.4. The van der Waals surface area contributed by atoms with Crippen LogP contribution in [0.15, 0.2) is 29.3 Å². The van der Waals surface area contributed by atoms with E-state index in [2.05, 4.69) is 15.6 Å². The topological polar surface area (TPSA) is 79.8 Å². The fourth-order valence-electron chi connectivity index (χ4n) is 2.12.